The van der Waals surface area contributed by atoms with Crippen molar-refractivity contribution in [3.8, 4) is 0 Å². The first-order chi connectivity index (χ1) is 7.58. The zero-order chi connectivity index (χ0) is 11.7. The lowest BCUT2D eigenvalue weighted by Gasteiger charge is -2.11. The SMILES string of the molecule is Cc1ccc(CC(Br)C(=O)C2CC2)c(C)c1. The average molecular weight is 281 g/mol. The van der Waals surface area contributed by atoms with Gasteiger partial charge in [-0.05, 0) is 44.2 Å². The second kappa shape index (κ2) is 4.70. The molecule has 1 aliphatic rings. The molecule has 0 saturated heterocycles. The number of alkyl halides is 1. The molecule has 0 radical (unpaired) electrons. The number of ketones is 1. The predicted octanol–water partition coefficient (Wildman–Crippen LogP) is 3.59. The number of carbonyl (C=O) groups excluding carboxylic acids is 1. The summed E-state index contributed by atoms with van der Waals surface area (Å²) in [7, 11) is 0. The molecule has 0 bridgehead atoms. The van der Waals surface area contributed by atoms with E-state index in [0.717, 1.165) is 19.3 Å². The maximum absolute atomic E-state index is 11.8. The molecule has 0 N–H and O–H groups in total. The number of carbonyl (C=O) groups is 1. The van der Waals surface area contributed by atoms with E-state index in [1.165, 1.54) is 16.7 Å². The van der Waals surface area contributed by atoms with Crippen LogP contribution in [-0.4, -0.2) is 10.6 Å². The van der Waals surface area contributed by atoms with E-state index in [4.69, 9.17) is 0 Å². The van der Waals surface area contributed by atoms with Crippen molar-refractivity contribution in [1.82, 2.24) is 0 Å². The third kappa shape index (κ3) is 2.73. The number of Topliss-reactive ketones (excluding diaryl/α,β-unsaturated/α-hetero) is 1. The lowest BCUT2D eigenvalue weighted by molar-refractivity contribution is -0.119. The maximum Gasteiger partial charge on any atom is 0.149 e. The van der Waals surface area contributed by atoms with Gasteiger partial charge in [0.25, 0.3) is 0 Å². The van der Waals surface area contributed by atoms with Crippen molar-refractivity contribution in [3.05, 3.63) is 34.9 Å². The van der Waals surface area contributed by atoms with Crippen LogP contribution in [0.25, 0.3) is 0 Å². The molecule has 1 aromatic carbocycles. The Labute approximate surface area is 105 Å². The molecule has 0 heterocycles. The van der Waals surface area contributed by atoms with E-state index in [-0.39, 0.29) is 4.83 Å². The van der Waals surface area contributed by atoms with Crippen molar-refractivity contribution in [1.29, 1.82) is 0 Å². The van der Waals surface area contributed by atoms with Crippen LogP contribution in [0, 0.1) is 19.8 Å². The average Bonchev–Trinajstić information content (AvgIpc) is 3.04. The highest BCUT2D eigenvalue weighted by atomic mass is 79.9. The molecule has 1 aromatic rings. The molecule has 1 fully saturated rings. The van der Waals surface area contributed by atoms with Gasteiger partial charge in [0, 0.05) is 5.92 Å². The summed E-state index contributed by atoms with van der Waals surface area (Å²) in [5.41, 5.74) is 3.84. The zero-order valence-corrected chi connectivity index (χ0v) is 11.4. The van der Waals surface area contributed by atoms with Crippen LogP contribution in [-0.2, 0) is 11.2 Å². The standard InChI is InChI=1S/C14H17BrO/c1-9-3-4-12(10(2)7-9)8-13(15)14(16)11-5-6-11/h3-4,7,11,13H,5-6,8H2,1-2H3. The van der Waals surface area contributed by atoms with Crippen molar-refractivity contribution in [3.63, 3.8) is 0 Å². The number of halogens is 1. The van der Waals surface area contributed by atoms with E-state index < -0.39 is 0 Å². The molecule has 1 saturated carbocycles. The third-order valence-electron chi connectivity index (χ3n) is 3.19. The third-order valence-corrected chi connectivity index (χ3v) is 3.96. The van der Waals surface area contributed by atoms with Crippen molar-refractivity contribution < 1.29 is 4.79 Å². The summed E-state index contributed by atoms with van der Waals surface area (Å²) in [6.07, 6.45) is 3.00. The minimum atomic E-state index is 0.00130. The van der Waals surface area contributed by atoms with Gasteiger partial charge >= 0.3 is 0 Å². The van der Waals surface area contributed by atoms with Gasteiger partial charge in [0.2, 0.25) is 0 Å². The maximum atomic E-state index is 11.8. The monoisotopic (exact) mass is 280 g/mol. The summed E-state index contributed by atoms with van der Waals surface area (Å²) in [6, 6.07) is 6.43. The van der Waals surface area contributed by atoms with Gasteiger partial charge in [-0.15, -0.1) is 0 Å². The molecule has 16 heavy (non-hydrogen) atoms. The van der Waals surface area contributed by atoms with Crippen LogP contribution >= 0.6 is 15.9 Å². The van der Waals surface area contributed by atoms with Gasteiger partial charge in [0.05, 0.1) is 4.83 Å². The van der Waals surface area contributed by atoms with Crippen molar-refractivity contribution in [2.24, 2.45) is 5.92 Å². The van der Waals surface area contributed by atoms with Crippen LogP contribution in [0.4, 0.5) is 0 Å². The summed E-state index contributed by atoms with van der Waals surface area (Å²) >= 11 is 3.52. The molecule has 2 rings (SSSR count). The van der Waals surface area contributed by atoms with Crippen molar-refractivity contribution in [2.45, 2.75) is 37.9 Å². The molecule has 86 valence electrons. The minimum absolute atomic E-state index is 0.00130. The van der Waals surface area contributed by atoms with Gasteiger partial charge in [0.1, 0.15) is 5.78 Å². The molecule has 0 aromatic heterocycles. The Balaban J connectivity index is 2.05. The van der Waals surface area contributed by atoms with Crippen LogP contribution in [0.2, 0.25) is 0 Å². The van der Waals surface area contributed by atoms with E-state index >= 15 is 0 Å². The zero-order valence-electron chi connectivity index (χ0n) is 9.79. The predicted molar refractivity (Wildman–Crippen MR) is 70.1 cm³/mol. The first-order valence-corrected chi connectivity index (χ1v) is 6.73. The van der Waals surface area contributed by atoms with Gasteiger partial charge in [-0.3, -0.25) is 4.79 Å². The van der Waals surface area contributed by atoms with Gasteiger partial charge < -0.3 is 0 Å². The number of benzene rings is 1. The quantitative estimate of drug-likeness (QED) is 0.771. The Bertz CT molecular complexity index is 407. The number of aryl methyl sites for hydroxylation is 2. The van der Waals surface area contributed by atoms with Crippen LogP contribution in [0.1, 0.15) is 29.5 Å². The van der Waals surface area contributed by atoms with E-state index in [2.05, 4.69) is 48.0 Å². The normalized spacial score (nSPS) is 17.2. The molecule has 1 nitrogen and oxygen atoms in total. The van der Waals surface area contributed by atoms with Crippen molar-refractivity contribution >= 4 is 21.7 Å². The van der Waals surface area contributed by atoms with Gasteiger partial charge in [0.15, 0.2) is 0 Å². The molecule has 1 unspecified atom stereocenters. The summed E-state index contributed by atoms with van der Waals surface area (Å²) in [5, 5.41) is 0. The van der Waals surface area contributed by atoms with Gasteiger partial charge in [-0.25, -0.2) is 0 Å². The van der Waals surface area contributed by atoms with Crippen LogP contribution in [0.15, 0.2) is 18.2 Å². The van der Waals surface area contributed by atoms with Gasteiger partial charge in [-0.2, -0.15) is 0 Å². The van der Waals surface area contributed by atoms with E-state index in [1.54, 1.807) is 0 Å². The molecule has 0 amide bonds. The Morgan fingerprint density at radius 2 is 2.12 bits per heavy atom. The Morgan fingerprint density at radius 3 is 2.69 bits per heavy atom. The largest absolute Gasteiger partial charge is 0.298 e. The number of hydrogen-bond donors (Lipinski definition) is 0. The summed E-state index contributed by atoms with van der Waals surface area (Å²) in [6.45, 7) is 4.21. The highest BCUT2D eigenvalue weighted by molar-refractivity contribution is 9.10. The number of rotatable bonds is 4. The van der Waals surface area contributed by atoms with Crippen LogP contribution < -0.4 is 0 Å². The molecular formula is C14H17BrO. The Morgan fingerprint density at radius 1 is 1.44 bits per heavy atom. The lowest BCUT2D eigenvalue weighted by Crippen LogP contribution is -2.18. The second-order valence-electron chi connectivity index (χ2n) is 4.78. The fourth-order valence-corrected chi connectivity index (χ4v) is 2.71. The fraction of sp³-hybridized carbons (Fsp3) is 0.500. The molecule has 2 heteroatoms. The molecule has 0 aliphatic heterocycles. The van der Waals surface area contributed by atoms with Crippen LogP contribution in [0.3, 0.4) is 0 Å². The summed E-state index contributed by atoms with van der Waals surface area (Å²) < 4.78 is 0. The second-order valence-corrected chi connectivity index (χ2v) is 5.88. The van der Waals surface area contributed by atoms with Crippen LogP contribution in [0.5, 0.6) is 0 Å². The fourth-order valence-electron chi connectivity index (χ4n) is 1.99. The Hall–Kier alpha value is -0.630. The summed E-state index contributed by atoms with van der Waals surface area (Å²) in [4.78, 5) is 11.8. The van der Waals surface area contributed by atoms with E-state index in [0.29, 0.717) is 11.7 Å². The molecule has 0 spiro atoms. The highest BCUT2D eigenvalue weighted by Crippen LogP contribution is 2.33. The summed E-state index contributed by atoms with van der Waals surface area (Å²) in [5.74, 6) is 0.732. The molecular weight excluding hydrogens is 264 g/mol. The molecule has 1 atom stereocenters. The lowest BCUT2D eigenvalue weighted by atomic mass is 9.99. The molecule has 1 aliphatic carbocycles. The highest BCUT2D eigenvalue weighted by Gasteiger charge is 2.33. The van der Waals surface area contributed by atoms with E-state index in [9.17, 15) is 4.79 Å². The topological polar surface area (TPSA) is 17.1 Å². The first-order valence-electron chi connectivity index (χ1n) is 5.82. The Kier molecular flexibility index (Phi) is 3.48. The smallest absolute Gasteiger partial charge is 0.149 e. The van der Waals surface area contributed by atoms with Crippen molar-refractivity contribution in [2.75, 3.05) is 0 Å². The number of hydrogen-bond acceptors (Lipinski definition) is 1. The van der Waals surface area contributed by atoms with E-state index in [1.807, 2.05) is 0 Å². The minimum Gasteiger partial charge on any atom is -0.298 e. The first kappa shape index (κ1) is 11.8. The van der Waals surface area contributed by atoms with Gasteiger partial charge in [-0.1, -0.05) is 39.7 Å².